The average molecular weight is 363 g/mol. The first kappa shape index (κ1) is 19.5. The SMILES string of the molecule is C=CCCCN(C)C(=NCCC(=O)N1CCc2sccc2C1)NCC. The number of hydrogen-bond donors (Lipinski definition) is 1. The maximum Gasteiger partial charge on any atom is 0.224 e. The first-order valence-corrected chi connectivity index (χ1v) is 9.97. The summed E-state index contributed by atoms with van der Waals surface area (Å²) in [6.07, 6.45) is 5.45. The second-order valence-electron chi connectivity index (χ2n) is 6.27. The molecule has 0 atom stereocenters. The van der Waals surface area contributed by atoms with E-state index in [0.717, 1.165) is 51.4 Å². The third-order valence-corrected chi connectivity index (χ3v) is 5.37. The Balaban J connectivity index is 1.82. The highest BCUT2D eigenvalue weighted by Gasteiger charge is 2.21. The molecule has 0 unspecified atom stereocenters. The highest BCUT2D eigenvalue weighted by Crippen LogP contribution is 2.24. The number of carbonyl (C=O) groups excluding carboxylic acids is 1. The van der Waals surface area contributed by atoms with Crippen LogP contribution in [0.1, 0.15) is 36.6 Å². The summed E-state index contributed by atoms with van der Waals surface area (Å²) in [7, 11) is 2.04. The normalized spacial score (nSPS) is 14.2. The van der Waals surface area contributed by atoms with Crippen molar-refractivity contribution < 1.29 is 4.79 Å². The van der Waals surface area contributed by atoms with Gasteiger partial charge < -0.3 is 15.1 Å². The summed E-state index contributed by atoms with van der Waals surface area (Å²) < 4.78 is 0. The molecule has 0 saturated carbocycles. The number of amides is 1. The number of thiophene rings is 1. The van der Waals surface area contributed by atoms with E-state index >= 15 is 0 Å². The van der Waals surface area contributed by atoms with Crippen LogP contribution in [-0.2, 0) is 17.8 Å². The summed E-state index contributed by atoms with van der Waals surface area (Å²) in [5, 5.41) is 5.42. The van der Waals surface area contributed by atoms with Crippen molar-refractivity contribution >= 4 is 23.2 Å². The molecular formula is C19H30N4OS. The molecule has 0 fully saturated rings. The van der Waals surface area contributed by atoms with Crippen molar-refractivity contribution in [1.29, 1.82) is 0 Å². The van der Waals surface area contributed by atoms with Gasteiger partial charge in [-0.15, -0.1) is 17.9 Å². The Labute approximate surface area is 155 Å². The minimum atomic E-state index is 0.200. The quantitative estimate of drug-likeness (QED) is 0.335. The Morgan fingerprint density at radius 3 is 3.16 bits per heavy atom. The fourth-order valence-corrected chi connectivity index (χ4v) is 3.81. The van der Waals surface area contributed by atoms with Gasteiger partial charge in [-0.25, -0.2) is 0 Å². The molecule has 1 aromatic rings. The van der Waals surface area contributed by atoms with Gasteiger partial charge >= 0.3 is 0 Å². The van der Waals surface area contributed by atoms with Crippen molar-refractivity contribution in [2.24, 2.45) is 4.99 Å². The molecule has 0 radical (unpaired) electrons. The largest absolute Gasteiger partial charge is 0.357 e. The molecule has 2 heterocycles. The molecule has 2 rings (SSSR count). The topological polar surface area (TPSA) is 47.9 Å². The monoisotopic (exact) mass is 362 g/mol. The Kier molecular flexibility index (Phi) is 7.98. The van der Waals surface area contributed by atoms with E-state index in [1.807, 2.05) is 18.0 Å². The zero-order chi connectivity index (χ0) is 18.1. The zero-order valence-electron chi connectivity index (χ0n) is 15.5. The molecule has 0 aromatic carbocycles. The summed E-state index contributed by atoms with van der Waals surface area (Å²) in [6, 6.07) is 2.14. The number of nitrogens with zero attached hydrogens (tertiary/aromatic N) is 3. The number of hydrogen-bond acceptors (Lipinski definition) is 3. The lowest BCUT2D eigenvalue weighted by Crippen LogP contribution is -2.40. The van der Waals surface area contributed by atoms with Crippen LogP contribution in [-0.4, -0.2) is 54.9 Å². The van der Waals surface area contributed by atoms with E-state index in [1.54, 1.807) is 11.3 Å². The smallest absolute Gasteiger partial charge is 0.224 e. The molecule has 6 heteroatoms. The first-order chi connectivity index (χ1) is 12.2. The minimum absolute atomic E-state index is 0.200. The predicted octanol–water partition coefficient (Wildman–Crippen LogP) is 2.89. The molecule has 1 aliphatic rings. The molecule has 138 valence electrons. The van der Waals surface area contributed by atoms with Gasteiger partial charge in [-0.2, -0.15) is 0 Å². The Bertz CT molecular complexity index is 596. The third-order valence-electron chi connectivity index (χ3n) is 4.35. The summed E-state index contributed by atoms with van der Waals surface area (Å²) in [4.78, 5) is 22.6. The molecule has 5 nitrogen and oxygen atoms in total. The fraction of sp³-hybridized carbons (Fsp3) is 0.579. The van der Waals surface area contributed by atoms with Crippen LogP contribution in [0.25, 0.3) is 0 Å². The zero-order valence-corrected chi connectivity index (χ0v) is 16.3. The van der Waals surface area contributed by atoms with Crippen molar-refractivity contribution in [3.05, 3.63) is 34.5 Å². The third kappa shape index (κ3) is 5.88. The minimum Gasteiger partial charge on any atom is -0.357 e. The van der Waals surface area contributed by atoms with Crippen LogP contribution in [0.3, 0.4) is 0 Å². The number of unbranched alkanes of at least 4 members (excludes halogenated alkanes) is 1. The van der Waals surface area contributed by atoms with E-state index in [0.29, 0.717) is 13.0 Å². The maximum atomic E-state index is 12.5. The van der Waals surface area contributed by atoms with Gasteiger partial charge in [0.15, 0.2) is 5.96 Å². The lowest BCUT2D eigenvalue weighted by Gasteiger charge is -2.27. The van der Waals surface area contributed by atoms with Gasteiger partial charge in [-0.3, -0.25) is 9.79 Å². The average Bonchev–Trinajstić information content (AvgIpc) is 3.08. The van der Waals surface area contributed by atoms with E-state index in [2.05, 4.69) is 40.2 Å². The number of allylic oxidation sites excluding steroid dienone is 1. The molecule has 25 heavy (non-hydrogen) atoms. The van der Waals surface area contributed by atoms with Crippen LogP contribution < -0.4 is 5.32 Å². The number of aliphatic imine (C=N–C) groups is 1. The lowest BCUT2D eigenvalue weighted by atomic mass is 10.1. The van der Waals surface area contributed by atoms with Gasteiger partial charge in [-0.1, -0.05) is 6.08 Å². The molecule has 1 aromatic heterocycles. The standard InChI is InChI=1S/C19H30N4OS/c1-4-6-7-12-22(3)19(20-5-2)21-11-8-18(24)23-13-9-17-16(15-23)10-14-25-17/h4,10,14H,1,5-9,11-13,15H2,2-3H3,(H,20,21). The van der Waals surface area contributed by atoms with E-state index in [9.17, 15) is 4.79 Å². The van der Waals surface area contributed by atoms with Crippen LogP contribution in [0.2, 0.25) is 0 Å². The van der Waals surface area contributed by atoms with Crippen LogP contribution >= 0.6 is 11.3 Å². The summed E-state index contributed by atoms with van der Waals surface area (Å²) in [6.45, 7) is 9.68. The lowest BCUT2D eigenvalue weighted by molar-refractivity contribution is -0.131. The van der Waals surface area contributed by atoms with Gasteiger partial charge in [0.05, 0.1) is 6.54 Å². The van der Waals surface area contributed by atoms with Gasteiger partial charge in [0.25, 0.3) is 0 Å². The predicted molar refractivity (Wildman–Crippen MR) is 106 cm³/mol. The number of rotatable bonds is 8. The van der Waals surface area contributed by atoms with Gasteiger partial charge in [0, 0.05) is 44.5 Å². The molecule has 0 aliphatic carbocycles. The van der Waals surface area contributed by atoms with Crippen molar-refractivity contribution in [1.82, 2.24) is 15.1 Å². The van der Waals surface area contributed by atoms with E-state index < -0.39 is 0 Å². The molecule has 0 spiro atoms. The van der Waals surface area contributed by atoms with Crippen molar-refractivity contribution in [3.8, 4) is 0 Å². The van der Waals surface area contributed by atoms with Crippen molar-refractivity contribution in [2.75, 3.05) is 33.2 Å². The second-order valence-corrected chi connectivity index (χ2v) is 7.27. The molecule has 0 bridgehead atoms. The highest BCUT2D eigenvalue weighted by atomic mass is 32.1. The number of nitrogens with one attached hydrogen (secondary N) is 1. The van der Waals surface area contributed by atoms with E-state index in [4.69, 9.17) is 0 Å². The number of fused-ring (bicyclic) bond motifs is 1. The van der Waals surface area contributed by atoms with Crippen LogP contribution in [0.4, 0.5) is 0 Å². The maximum absolute atomic E-state index is 12.5. The summed E-state index contributed by atoms with van der Waals surface area (Å²) in [5.41, 5.74) is 1.31. The van der Waals surface area contributed by atoms with Crippen LogP contribution in [0.5, 0.6) is 0 Å². The number of guanidine groups is 1. The van der Waals surface area contributed by atoms with Crippen molar-refractivity contribution in [2.45, 2.75) is 39.2 Å². The fourth-order valence-electron chi connectivity index (χ4n) is 2.93. The van der Waals surface area contributed by atoms with Crippen molar-refractivity contribution in [3.63, 3.8) is 0 Å². The molecular weight excluding hydrogens is 332 g/mol. The summed E-state index contributed by atoms with van der Waals surface area (Å²) in [5.74, 6) is 1.07. The van der Waals surface area contributed by atoms with Crippen LogP contribution in [0, 0.1) is 0 Å². The molecule has 1 amide bonds. The molecule has 0 saturated heterocycles. The molecule has 1 N–H and O–H groups in total. The highest BCUT2D eigenvalue weighted by molar-refractivity contribution is 7.10. The summed E-state index contributed by atoms with van der Waals surface area (Å²) >= 11 is 1.80. The van der Waals surface area contributed by atoms with E-state index in [-0.39, 0.29) is 5.91 Å². The van der Waals surface area contributed by atoms with Gasteiger partial charge in [-0.05, 0) is 43.2 Å². The number of carbonyl (C=O) groups is 1. The van der Waals surface area contributed by atoms with E-state index in [1.165, 1.54) is 10.4 Å². The Hall–Kier alpha value is -1.82. The Morgan fingerprint density at radius 2 is 2.40 bits per heavy atom. The van der Waals surface area contributed by atoms with Gasteiger partial charge in [0.2, 0.25) is 5.91 Å². The second kappa shape index (κ2) is 10.2. The van der Waals surface area contributed by atoms with Crippen LogP contribution in [0.15, 0.2) is 29.1 Å². The first-order valence-electron chi connectivity index (χ1n) is 9.09. The van der Waals surface area contributed by atoms with Gasteiger partial charge in [0.1, 0.15) is 0 Å². The Morgan fingerprint density at radius 1 is 1.56 bits per heavy atom. The molecule has 1 aliphatic heterocycles.